The number of hydrogen-bond donors (Lipinski definition) is 1. The number of hydrogen-bond acceptors (Lipinski definition) is 5. The van der Waals surface area contributed by atoms with Gasteiger partial charge < -0.3 is 9.64 Å². The Labute approximate surface area is 134 Å². The zero-order valence-corrected chi connectivity index (χ0v) is 12.8. The minimum atomic E-state index is -4.47. The van der Waals surface area contributed by atoms with Crippen molar-refractivity contribution in [1.82, 2.24) is 20.4 Å². The highest BCUT2D eigenvalue weighted by Crippen LogP contribution is 2.37. The number of H-pyrrole nitrogens is 1. The van der Waals surface area contributed by atoms with Crippen molar-refractivity contribution in [3.8, 4) is 0 Å². The summed E-state index contributed by atoms with van der Waals surface area (Å²) in [6, 6.07) is 0.884. The first-order valence-corrected chi connectivity index (χ1v) is 7.14. The molecular formula is C13H13ClF3N5O. The molecule has 0 amide bonds. The number of methoxy groups -OCH3 is 1. The number of pyridine rings is 1. The molecule has 10 heteroatoms. The van der Waals surface area contributed by atoms with E-state index in [0.717, 1.165) is 18.0 Å². The van der Waals surface area contributed by atoms with Crippen LogP contribution in [-0.4, -0.2) is 46.7 Å². The third-order valence-electron chi connectivity index (χ3n) is 3.83. The van der Waals surface area contributed by atoms with Gasteiger partial charge in [-0.05, 0) is 6.07 Å². The summed E-state index contributed by atoms with van der Waals surface area (Å²) < 4.78 is 43.5. The molecule has 0 radical (unpaired) electrons. The molecule has 0 spiro atoms. The van der Waals surface area contributed by atoms with E-state index < -0.39 is 11.7 Å². The highest BCUT2D eigenvalue weighted by atomic mass is 35.5. The van der Waals surface area contributed by atoms with Crippen molar-refractivity contribution in [2.45, 2.75) is 18.2 Å². The van der Waals surface area contributed by atoms with Crippen LogP contribution >= 0.6 is 11.6 Å². The van der Waals surface area contributed by atoms with E-state index in [4.69, 9.17) is 16.3 Å². The molecule has 3 rings (SSSR count). The third kappa shape index (κ3) is 3.11. The van der Waals surface area contributed by atoms with Crippen molar-refractivity contribution < 1.29 is 17.9 Å². The molecule has 23 heavy (non-hydrogen) atoms. The number of rotatable bonds is 3. The molecular weight excluding hydrogens is 335 g/mol. The number of halogens is 4. The zero-order chi connectivity index (χ0) is 16.6. The molecule has 0 aromatic carbocycles. The molecule has 2 aromatic heterocycles. The van der Waals surface area contributed by atoms with E-state index in [0.29, 0.717) is 18.9 Å². The number of alkyl halides is 3. The van der Waals surface area contributed by atoms with Crippen LogP contribution in [0.5, 0.6) is 0 Å². The number of anilines is 1. The predicted molar refractivity (Wildman–Crippen MR) is 76.4 cm³/mol. The second-order valence-corrected chi connectivity index (χ2v) is 5.61. The van der Waals surface area contributed by atoms with Gasteiger partial charge in [-0.2, -0.15) is 28.6 Å². The topological polar surface area (TPSA) is 66.9 Å². The zero-order valence-electron chi connectivity index (χ0n) is 12.0. The van der Waals surface area contributed by atoms with E-state index in [9.17, 15) is 13.2 Å². The largest absolute Gasteiger partial charge is 0.417 e. The van der Waals surface area contributed by atoms with Gasteiger partial charge in [-0.25, -0.2) is 4.98 Å². The second-order valence-electron chi connectivity index (χ2n) is 5.21. The molecule has 124 valence electrons. The molecule has 2 aromatic rings. The molecule has 0 unspecified atom stereocenters. The van der Waals surface area contributed by atoms with Gasteiger partial charge in [0.1, 0.15) is 5.82 Å². The van der Waals surface area contributed by atoms with Crippen LogP contribution in [0.2, 0.25) is 5.02 Å². The number of ether oxygens (including phenoxy) is 1. The normalized spacial score (nSPS) is 21.9. The summed E-state index contributed by atoms with van der Waals surface area (Å²) in [5, 5.41) is 10.3. The Morgan fingerprint density at radius 3 is 2.70 bits per heavy atom. The van der Waals surface area contributed by atoms with Crippen LogP contribution in [0.15, 0.2) is 18.5 Å². The molecule has 0 bridgehead atoms. The number of nitrogens with zero attached hydrogens (tertiary/aromatic N) is 4. The summed E-state index contributed by atoms with van der Waals surface area (Å²) in [4.78, 5) is 5.67. The first-order chi connectivity index (χ1) is 10.9. The molecule has 1 N–H and O–H groups in total. The summed E-state index contributed by atoms with van der Waals surface area (Å²) in [5.41, 5.74) is -0.149. The fourth-order valence-electron chi connectivity index (χ4n) is 2.68. The van der Waals surface area contributed by atoms with Crippen LogP contribution in [0.1, 0.15) is 17.2 Å². The molecule has 0 saturated carbocycles. The van der Waals surface area contributed by atoms with Crippen LogP contribution in [0.3, 0.4) is 0 Å². The lowest BCUT2D eigenvalue weighted by Crippen LogP contribution is -2.23. The maximum absolute atomic E-state index is 12.7. The standard InChI is InChI=1S/C13H13ClF3N5O/c1-23-11-6-22(5-8(11)10-4-19-21-20-10)12-9(14)2-7(3-18-12)13(15,16)17/h2-4,8,11H,5-6H2,1H3,(H,19,20,21)/t8-,11+/m0/s1. The number of aromatic amines is 1. The Bertz CT molecular complexity index is 679. The monoisotopic (exact) mass is 347 g/mol. The molecule has 1 fully saturated rings. The summed E-state index contributed by atoms with van der Waals surface area (Å²) in [6.45, 7) is 0.926. The minimum Gasteiger partial charge on any atom is -0.379 e. The lowest BCUT2D eigenvalue weighted by atomic mass is 10.0. The summed E-state index contributed by atoms with van der Waals surface area (Å²) >= 11 is 6.00. The van der Waals surface area contributed by atoms with E-state index in [-0.39, 0.29) is 17.0 Å². The van der Waals surface area contributed by atoms with Crippen LogP contribution in [0, 0.1) is 0 Å². The van der Waals surface area contributed by atoms with Crippen molar-refractivity contribution in [2.75, 3.05) is 25.1 Å². The maximum atomic E-state index is 12.7. The van der Waals surface area contributed by atoms with Gasteiger partial charge >= 0.3 is 6.18 Å². The van der Waals surface area contributed by atoms with Gasteiger partial charge in [0.15, 0.2) is 0 Å². The Morgan fingerprint density at radius 1 is 1.35 bits per heavy atom. The molecule has 3 heterocycles. The Kier molecular flexibility index (Phi) is 4.15. The Morgan fingerprint density at radius 2 is 2.13 bits per heavy atom. The summed E-state index contributed by atoms with van der Waals surface area (Å²) in [5.74, 6) is 0.228. The van der Waals surface area contributed by atoms with E-state index in [1.807, 2.05) is 0 Å². The predicted octanol–water partition coefficient (Wildman–Crippen LogP) is 2.49. The summed E-state index contributed by atoms with van der Waals surface area (Å²) in [6.07, 6.45) is -2.27. The fourth-order valence-corrected chi connectivity index (χ4v) is 2.96. The van der Waals surface area contributed by atoms with E-state index in [1.54, 1.807) is 18.2 Å². The van der Waals surface area contributed by atoms with Crippen molar-refractivity contribution in [3.63, 3.8) is 0 Å². The van der Waals surface area contributed by atoms with Crippen molar-refractivity contribution in [1.29, 1.82) is 0 Å². The van der Waals surface area contributed by atoms with Gasteiger partial charge in [0.05, 0.1) is 34.5 Å². The molecule has 1 aliphatic rings. The summed E-state index contributed by atoms with van der Waals surface area (Å²) in [7, 11) is 1.57. The van der Waals surface area contributed by atoms with Crippen LogP contribution in [0.25, 0.3) is 0 Å². The molecule has 0 aliphatic carbocycles. The molecule has 1 aliphatic heterocycles. The average molecular weight is 348 g/mol. The van der Waals surface area contributed by atoms with E-state index >= 15 is 0 Å². The van der Waals surface area contributed by atoms with Crippen molar-refractivity contribution >= 4 is 17.4 Å². The van der Waals surface area contributed by atoms with Gasteiger partial charge in [0, 0.05) is 26.4 Å². The lowest BCUT2D eigenvalue weighted by molar-refractivity contribution is -0.137. The van der Waals surface area contributed by atoms with Crippen LogP contribution in [0.4, 0.5) is 19.0 Å². The van der Waals surface area contributed by atoms with Gasteiger partial charge in [0.2, 0.25) is 0 Å². The average Bonchev–Trinajstić information content (AvgIpc) is 3.15. The minimum absolute atomic E-state index is 0.0459. The fraction of sp³-hybridized carbons (Fsp3) is 0.462. The number of aromatic nitrogens is 4. The van der Waals surface area contributed by atoms with E-state index in [2.05, 4.69) is 20.4 Å². The molecule has 2 atom stereocenters. The van der Waals surface area contributed by atoms with Gasteiger partial charge in [-0.15, -0.1) is 0 Å². The second kappa shape index (κ2) is 5.97. The van der Waals surface area contributed by atoms with Gasteiger partial charge in [-0.3, -0.25) is 0 Å². The van der Waals surface area contributed by atoms with Crippen molar-refractivity contribution in [2.24, 2.45) is 0 Å². The Balaban J connectivity index is 1.85. The molecule has 6 nitrogen and oxygen atoms in total. The van der Waals surface area contributed by atoms with Crippen LogP contribution < -0.4 is 4.90 Å². The quantitative estimate of drug-likeness (QED) is 0.924. The van der Waals surface area contributed by atoms with Crippen LogP contribution in [-0.2, 0) is 10.9 Å². The van der Waals surface area contributed by atoms with Gasteiger partial charge in [-0.1, -0.05) is 11.6 Å². The maximum Gasteiger partial charge on any atom is 0.417 e. The molecule has 1 saturated heterocycles. The first-order valence-electron chi connectivity index (χ1n) is 6.76. The van der Waals surface area contributed by atoms with Crippen molar-refractivity contribution in [3.05, 3.63) is 34.7 Å². The highest BCUT2D eigenvalue weighted by Gasteiger charge is 2.38. The SMILES string of the molecule is CO[C@@H]1CN(c2ncc(C(F)(F)F)cc2Cl)C[C@H]1c1cn[nH]n1. The highest BCUT2D eigenvalue weighted by molar-refractivity contribution is 6.33. The lowest BCUT2D eigenvalue weighted by Gasteiger charge is -2.19. The number of nitrogens with one attached hydrogen (secondary N) is 1. The first kappa shape index (κ1) is 16.0. The third-order valence-corrected chi connectivity index (χ3v) is 4.11. The van der Waals surface area contributed by atoms with E-state index in [1.165, 1.54) is 0 Å². The Hall–Kier alpha value is -1.87. The van der Waals surface area contributed by atoms with Gasteiger partial charge in [0.25, 0.3) is 0 Å². The smallest absolute Gasteiger partial charge is 0.379 e.